The predicted molar refractivity (Wildman–Crippen MR) is 123 cm³/mol. The van der Waals surface area contributed by atoms with Crippen LogP contribution in [-0.2, 0) is 9.59 Å². The van der Waals surface area contributed by atoms with Crippen molar-refractivity contribution in [2.45, 2.75) is 65.7 Å². The topological polar surface area (TPSA) is 49.4 Å². The van der Waals surface area contributed by atoms with Crippen molar-refractivity contribution in [1.29, 1.82) is 0 Å². The zero-order chi connectivity index (χ0) is 23.7. The number of halogens is 2. The summed E-state index contributed by atoms with van der Waals surface area (Å²) in [5.41, 5.74) is 2.00. The van der Waals surface area contributed by atoms with E-state index >= 15 is 0 Å². The quantitative estimate of drug-likeness (QED) is 0.603. The maximum Gasteiger partial charge on any atom is 0.228 e. The number of hydrogen-bond acceptors (Lipinski definition) is 2. The summed E-state index contributed by atoms with van der Waals surface area (Å²) in [6.45, 7) is 6.73. The lowest BCUT2D eigenvalue weighted by atomic mass is 9.48. The van der Waals surface area contributed by atoms with E-state index in [1.807, 2.05) is 11.9 Å². The van der Waals surface area contributed by atoms with Crippen LogP contribution in [0.2, 0.25) is 0 Å². The van der Waals surface area contributed by atoms with Crippen LogP contribution >= 0.6 is 0 Å². The lowest BCUT2D eigenvalue weighted by molar-refractivity contribution is -0.137. The summed E-state index contributed by atoms with van der Waals surface area (Å²) in [5.74, 6) is -0.421. The normalized spacial score (nSPS) is 38.0. The number of amides is 2. The molecule has 1 unspecified atom stereocenters. The summed E-state index contributed by atoms with van der Waals surface area (Å²) in [6, 6.07) is 3.65. The first kappa shape index (κ1) is 22.5. The van der Waals surface area contributed by atoms with Crippen molar-refractivity contribution in [3.63, 3.8) is 0 Å². The van der Waals surface area contributed by atoms with Gasteiger partial charge in [0.15, 0.2) is 0 Å². The Morgan fingerprint density at radius 3 is 2.48 bits per heavy atom. The van der Waals surface area contributed by atoms with E-state index in [0.29, 0.717) is 24.2 Å². The molecule has 1 aromatic carbocycles. The highest BCUT2D eigenvalue weighted by Gasteiger charge is 2.61. The second-order valence-electron chi connectivity index (χ2n) is 11.3. The number of nitrogens with one attached hydrogen (secondary N) is 1. The fourth-order valence-corrected chi connectivity index (χ4v) is 8.37. The summed E-state index contributed by atoms with van der Waals surface area (Å²) in [6.07, 6.45) is 6.10. The molecule has 0 bridgehead atoms. The third-order valence-electron chi connectivity index (χ3n) is 9.84. The van der Waals surface area contributed by atoms with Gasteiger partial charge in [-0.1, -0.05) is 25.5 Å². The Morgan fingerprint density at radius 1 is 1.09 bits per heavy atom. The van der Waals surface area contributed by atoms with E-state index in [1.54, 1.807) is 0 Å². The Kier molecular flexibility index (Phi) is 5.22. The number of likely N-dealkylation sites (tertiary alicyclic amines) is 1. The maximum absolute atomic E-state index is 14.2. The molecule has 3 aliphatic carbocycles. The molecule has 178 valence electrons. The van der Waals surface area contributed by atoms with E-state index in [0.717, 1.165) is 38.5 Å². The minimum absolute atomic E-state index is 0.00632. The van der Waals surface area contributed by atoms with E-state index in [9.17, 15) is 18.4 Å². The molecule has 3 fully saturated rings. The first-order chi connectivity index (χ1) is 15.6. The number of fused-ring (bicyclic) bond motifs is 5. The average molecular weight is 457 g/mol. The lowest BCUT2D eigenvalue weighted by Gasteiger charge is -2.59. The molecular formula is C27H34F2N2O2. The third-order valence-corrected chi connectivity index (χ3v) is 9.84. The summed E-state index contributed by atoms with van der Waals surface area (Å²) in [4.78, 5) is 27.6. The van der Waals surface area contributed by atoms with Gasteiger partial charge < -0.3 is 10.2 Å². The minimum atomic E-state index is -0.740. The van der Waals surface area contributed by atoms with E-state index in [1.165, 1.54) is 29.5 Å². The number of rotatable bonds is 2. The number of piperidine rings is 1. The molecule has 33 heavy (non-hydrogen) atoms. The minimum Gasteiger partial charge on any atom is -0.321 e. The molecule has 6 heteroatoms. The van der Waals surface area contributed by atoms with Crippen molar-refractivity contribution in [3.8, 4) is 0 Å². The second kappa shape index (κ2) is 7.64. The zero-order valence-electron chi connectivity index (χ0n) is 20.0. The Balaban J connectivity index is 1.43. The molecular weight excluding hydrogens is 422 g/mol. The van der Waals surface area contributed by atoms with Crippen molar-refractivity contribution in [1.82, 2.24) is 4.90 Å². The number of carbonyl (C=O) groups is 2. The third kappa shape index (κ3) is 3.19. The standard InChI is InChI=1S/C27H34F2N2O2/c1-15-14-16-17-8-9-19(25(33)30-23-20(28)6-5-7-21(23)29)26(17,2)12-10-18(16)27(3)13-11-22(32)31(4)24(15)27/h5-7,16-19H,8-14H2,1-4H3,(H,30,33)/t16-,17-,18+,19?,26-,27+/m0/s1. The van der Waals surface area contributed by atoms with Crippen LogP contribution in [0.4, 0.5) is 14.5 Å². The molecule has 0 aromatic heterocycles. The number of nitrogens with zero attached hydrogens (tertiary/aromatic N) is 1. The highest BCUT2D eigenvalue weighted by atomic mass is 19.1. The van der Waals surface area contributed by atoms with E-state index in [4.69, 9.17) is 0 Å². The number of allylic oxidation sites excluding steroid dienone is 2. The molecule has 1 aromatic rings. The smallest absolute Gasteiger partial charge is 0.228 e. The number of para-hydroxylation sites is 1. The van der Waals surface area contributed by atoms with Gasteiger partial charge in [0.25, 0.3) is 0 Å². The van der Waals surface area contributed by atoms with Gasteiger partial charge in [-0.2, -0.15) is 0 Å². The van der Waals surface area contributed by atoms with Gasteiger partial charge >= 0.3 is 0 Å². The fraction of sp³-hybridized carbons (Fsp3) is 0.630. The molecule has 2 amide bonds. The number of carbonyl (C=O) groups excluding carboxylic acids is 2. The fourth-order valence-electron chi connectivity index (χ4n) is 8.37. The average Bonchev–Trinajstić information content (AvgIpc) is 3.11. The van der Waals surface area contributed by atoms with Gasteiger partial charge in [0.1, 0.15) is 17.3 Å². The molecule has 5 rings (SSSR count). The van der Waals surface area contributed by atoms with Gasteiger partial charge in [-0.15, -0.1) is 0 Å². The van der Waals surface area contributed by atoms with Gasteiger partial charge in [0.05, 0.1) is 0 Å². The van der Waals surface area contributed by atoms with Crippen LogP contribution in [0.25, 0.3) is 0 Å². The molecule has 1 aliphatic heterocycles. The maximum atomic E-state index is 14.2. The van der Waals surface area contributed by atoms with Crippen molar-refractivity contribution < 1.29 is 18.4 Å². The van der Waals surface area contributed by atoms with Crippen LogP contribution in [0, 0.1) is 46.1 Å². The zero-order valence-corrected chi connectivity index (χ0v) is 20.0. The molecule has 1 N–H and O–H groups in total. The molecule has 1 saturated heterocycles. The van der Waals surface area contributed by atoms with Crippen molar-refractivity contribution in [3.05, 3.63) is 41.1 Å². The Morgan fingerprint density at radius 2 is 1.79 bits per heavy atom. The molecule has 6 atom stereocenters. The molecule has 4 nitrogen and oxygen atoms in total. The molecule has 4 aliphatic rings. The van der Waals surface area contributed by atoms with Crippen LogP contribution in [0.3, 0.4) is 0 Å². The Hall–Kier alpha value is -2.24. The summed E-state index contributed by atoms with van der Waals surface area (Å²) in [7, 11) is 1.92. The Bertz CT molecular complexity index is 1030. The largest absolute Gasteiger partial charge is 0.321 e. The summed E-state index contributed by atoms with van der Waals surface area (Å²) < 4.78 is 28.3. The van der Waals surface area contributed by atoms with Crippen LogP contribution < -0.4 is 5.32 Å². The summed E-state index contributed by atoms with van der Waals surface area (Å²) >= 11 is 0. The van der Waals surface area contributed by atoms with Crippen molar-refractivity contribution >= 4 is 17.5 Å². The number of benzene rings is 1. The van der Waals surface area contributed by atoms with Gasteiger partial charge in [0, 0.05) is 30.5 Å². The van der Waals surface area contributed by atoms with Gasteiger partial charge in [-0.3, -0.25) is 9.59 Å². The highest BCUT2D eigenvalue weighted by Crippen LogP contribution is 2.66. The number of anilines is 1. The molecule has 0 radical (unpaired) electrons. The predicted octanol–water partition coefficient (Wildman–Crippen LogP) is 5.90. The monoisotopic (exact) mass is 456 g/mol. The van der Waals surface area contributed by atoms with Crippen LogP contribution in [0.5, 0.6) is 0 Å². The van der Waals surface area contributed by atoms with E-state index in [2.05, 4.69) is 26.1 Å². The molecule has 0 spiro atoms. The molecule has 1 heterocycles. The Labute approximate surface area is 194 Å². The first-order valence-corrected chi connectivity index (χ1v) is 12.3. The SMILES string of the molecule is CC1=C2N(C)C(=O)CC[C@]2(C)[C@@H]2CC[C@]3(C)C(C(=O)Nc4c(F)cccc4F)CC[C@H]3[C@@H]2C1. The van der Waals surface area contributed by atoms with Crippen LogP contribution in [0.15, 0.2) is 29.5 Å². The van der Waals surface area contributed by atoms with Crippen LogP contribution in [0.1, 0.15) is 65.7 Å². The number of hydrogen-bond donors (Lipinski definition) is 1. The van der Waals surface area contributed by atoms with Gasteiger partial charge in [0.2, 0.25) is 11.8 Å². The van der Waals surface area contributed by atoms with Crippen molar-refractivity contribution in [2.24, 2.45) is 34.5 Å². The second-order valence-corrected chi connectivity index (χ2v) is 11.3. The van der Waals surface area contributed by atoms with E-state index in [-0.39, 0.29) is 34.2 Å². The first-order valence-electron chi connectivity index (χ1n) is 12.3. The lowest BCUT2D eigenvalue weighted by Crippen LogP contribution is -2.54. The van der Waals surface area contributed by atoms with Crippen LogP contribution in [-0.4, -0.2) is 23.8 Å². The van der Waals surface area contributed by atoms with Crippen molar-refractivity contribution in [2.75, 3.05) is 12.4 Å². The molecule has 2 saturated carbocycles. The van der Waals surface area contributed by atoms with Gasteiger partial charge in [-0.05, 0) is 80.8 Å². The highest BCUT2D eigenvalue weighted by molar-refractivity contribution is 5.93. The summed E-state index contributed by atoms with van der Waals surface area (Å²) in [5, 5.41) is 2.58. The van der Waals surface area contributed by atoms with Gasteiger partial charge in [-0.25, -0.2) is 8.78 Å². The van der Waals surface area contributed by atoms with E-state index < -0.39 is 11.6 Å².